The molecule has 2 aromatic heterocycles. The largest absolute Gasteiger partial charge is 0.461 e. The second-order valence-electron chi connectivity index (χ2n) is 8.97. The second-order valence-corrected chi connectivity index (χ2v) is 9.85. The van der Waals surface area contributed by atoms with Gasteiger partial charge in [-0.2, -0.15) is 9.78 Å². The Morgan fingerprint density at radius 3 is 2.69 bits per heavy atom. The normalized spacial score (nSPS) is 17.9. The number of unbranched alkanes of at least 4 members (excludes halogenated alkanes) is 1. The Labute approximate surface area is 207 Å². The molecular formula is C26H30FN3O4S. The summed E-state index contributed by atoms with van der Waals surface area (Å²) in [6, 6.07) is 5.41. The number of ether oxygens (including phenoxy) is 1. The van der Waals surface area contributed by atoms with Crippen molar-refractivity contribution < 1.29 is 18.7 Å². The predicted molar refractivity (Wildman–Crippen MR) is 135 cm³/mol. The fourth-order valence-corrected chi connectivity index (χ4v) is 5.63. The van der Waals surface area contributed by atoms with Crippen molar-refractivity contribution in [2.24, 2.45) is 11.8 Å². The highest BCUT2D eigenvalue weighted by atomic mass is 32.1. The summed E-state index contributed by atoms with van der Waals surface area (Å²) in [5.41, 5.74) is -0.423. The van der Waals surface area contributed by atoms with Crippen LogP contribution in [0.3, 0.4) is 0 Å². The fourth-order valence-electron chi connectivity index (χ4n) is 4.69. The number of carbonyl (C=O) groups is 2. The van der Waals surface area contributed by atoms with Crippen LogP contribution in [-0.4, -0.2) is 28.3 Å². The average molecular weight is 500 g/mol. The maximum Gasteiger partial charge on any atom is 0.359 e. The first-order chi connectivity index (χ1) is 16.9. The molecule has 7 nitrogen and oxygen atoms in total. The Morgan fingerprint density at radius 1 is 1.23 bits per heavy atom. The van der Waals surface area contributed by atoms with Gasteiger partial charge in [0.05, 0.1) is 17.7 Å². The highest BCUT2D eigenvalue weighted by Crippen LogP contribution is 2.35. The van der Waals surface area contributed by atoms with Gasteiger partial charge >= 0.3 is 5.97 Å². The van der Waals surface area contributed by atoms with E-state index in [-0.39, 0.29) is 35.2 Å². The standard InChI is InChI=1S/C26H30FN3O4S/c1-3-5-7-16-10-12-17(13-11-16)23(31)28-24-21-20(15-35-24)22(26(33)34-4-2)29-30(25(21)32)19-9-6-8-18(27)14-19/h6,8-9,14-17H,3-5,7,10-13H2,1-2H3,(H,28,31). The van der Waals surface area contributed by atoms with E-state index in [0.29, 0.717) is 16.3 Å². The fraction of sp³-hybridized carbons (Fsp3) is 0.462. The van der Waals surface area contributed by atoms with Crippen LogP contribution in [0.4, 0.5) is 9.39 Å². The molecule has 9 heteroatoms. The zero-order valence-corrected chi connectivity index (χ0v) is 20.8. The summed E-state index contributed by atoms with van der Waals surface area (Å²) in [5.74, 6) is -0.778. The molecular weight excluding hydrogens is 469 g/mol. The highest BCUT2D eigenvalue weighted by Gasteiger charge is 2.28. The number of nitrogens with one attached hydrogen (secondary N) is 1. The van der Waals surface area contributed by atoms with Crippen LogP contribution in [-0.2, 0) is 9.53 Å². The molecule has 3 aromatic rings. The molecule has 1 amide bonds. The Kier molecular flexibility index (Phi) is 7.95. The minimum absolute atomic E-state index is 0.0566. The third-order valence-electron chi connectivity index (χ3n) is 6.59. The van der Waals surface area contributed by atoms with Crippen LogP contribution < -0.4 is 10.9 Å². The van der Waals surface area contributed by atoms with Crippen LogP contribution in [0.15, 0.2) is 34.4 Å². The van der Waals surface area contributed by atoms with Gasteiger partial charge in [0.15, 0.2) is 5.69 Å². The molecule has 1 aliphatic rings. The van der Waals surface area contributed by atoms with Gasteiger partial charge in [-0.15, -0.1) is 11.3 Å². The third-order valence-corrected chi connectivity index (χ3v) is 7.49. The van der Waals surface area contributed by atoms with Crippen molar-refractivity contribution in [1.29, 1.82) is 0 Å². The lowest BCUT2D eigenvalue weighted by Crippen LogP contribution is -2.28. The van der Waals surface area contributed by atoms with Crippen molar-refractivity contribution in [2.45, 2.75) is 58.8 Å². The van der Waals surface area contributed by atoms with Crippen LogP contribution in [0.1, 0.15) is 69.3 Å². The number of thiophene rings is 1. The lowest BCUT2D eigenvalue weighted by Gasteiger charge is -2.27. The molecule has 1 saturated carbocycles. The zero-order valence-electron chi connectivity index (χ0n) is 20.0. The summed E-state index contributed by atoms with van der Waals surface area (Å²) in [6.45, 7) is 4.00. The molecule has 1 aromatic carbocycles. The molecule has 4 rings (SSSR count). The van der Waals surface area contributed by atoms with Crippen LogP contribution in [0.5, 0.6) is 0 Å². The molecule has 2 heterocycles. The van der Waals surface area contributed by atoms with Gasteiger partial charge in [0.2, 0.25) is 5.91 Å². The van der Waals surface area contributed by atoms with E-state index in [9.17, 15) is 18.8 Å². The molecule has 1 N–H and O–H groups in total. The van der Waals surface area contributed by atoms with Gasteiger partial charge in [-0.3, -0.25) is 9.59 Å². The Bertz CT molecular complexity index is 1280. The van der Waals surface area contributed by atoms with E-state index in [0.717, 1.165) is 36.4 Å². The molecule has 35 heavy (non-hydrogen) atoms. The van der Waals surface area contributed by atoms with E-state index in [2.05, 4.69) is 17.3 Å². The maximum absolute atomic E-state index is 13.9. The van der Waals surface area contributed by atoms with Crippen molar-refractivity contribution in [2.75, 3.05) is 11.9 Å². The number of benzene rings is 1. The van der Waals surface area contributed by atoms with E-state index in [4.69, 9.17) is 4.74 Å². The number of amides is 1. The summed E-state index contributed by atoms with van der Waals surface area (Å²) in [6.07, 6.45) is 7.33. The first-order valence-electron chi connectivity index (χ1n) is 12.2. The second kappa shape index (κ2) is 11.1. The van der Waals surface area contributed by atoms with E-state index in [1.807, 2.05) is 0 Å². The number of fused-ring (bicyclic) bond motifs is 1. The van der Waals surface area contributed by atoms with Crippen molar-refractivity contribution in [1.82, 2.24) is 9.78 Å². The van der Waals surface area contributed by atoms with Crippen LogP contribution in [0, 0.1) is 17.7 Å². The summed E-state index contributed by atoms with van der Waals surface area (Å²) in [7, 11) is 0. The molecule has 0 atom stereocenters. The maximum atomic E-state index is 13.9. The molecule has 0 bridgehead atoms. The minimum Gasteiger partial charge on any atom is -0.461 e. The lowest BCUT2D eigenvalue weighted by atomic mass is 9.79. The topological polar surface area (TPSA) is 90.3 Å². The molecule has 0 radical (unpaired) electrons. The molecule has 0 spiro atoms. The molecule has 0 aliphatic heterocycles. The van der Waals surface area contributed by atoms with Gasteiger partial charge in [0.1, 0.15) is 10.8 Å². The Hall–Kier alpha value is -3.07. The zero-order chi connectivity index (χ0) is 24.9. The van der Waals surface area contributed by atoms with E-state index in [1.54, 1.807) is 12.3 Å². The van der Waals surface area contributed by atoms with Crippen LogP contribution >= 0.6 is 11.3 Å². The number of hydrogen-bond acceptors (Lipinski definition) is 6. The molecule has 0 saturated heterocycles. The van der Waals surface area contributed by atoms with Gasteiger partial charge in [0.25, 0.3) is 5.56 Å². The number of anilines is 1. The average Bonchev–Trinajstić information content (AvgIpc) is 3.27. The molecule has 1 aliphatic carbocycles. The van der Waals surface area contributed by atoms with E-state index < -0.39 is 17.3 Å². The van der Waals surface area contributed by atoms with Crippen molar-refractivity contribution >= 4 is 39.0 Å². The van der Waals surface area contributed by atoms with Crippen molar-refractivity contribution in [3.8, 4) is 5.69 Å². The third kappa shape index (κ3) is 5.45. The summed E-state index contributed by atoms with van der Waals surface area (Å²) in [5, 5.41) is 9.61. The summed E-state index contributed by atoms with van der Waals surface area (Å²) in [4.78, 5) is 39.2. The number of nitrogens with zero attached hydrogens (tertiary/aromatic N) is 2. The molecule has 0 unspecified atom stereocenters. The van der Waals surface area contributed by atoms with Crippen LogP contribution in [0.25, 0.3) is 16.5 Å². The van der Waals surface area contributed by atoms with Crippen molar-refractivity contribution in [3.63, 3.8) is 0 Å². The number of halogens is 1. The predicted octanol–water partition coefficient (Wildman–Crippen LogP) is 5.70. The number of rotatable bonds is 8. The van der Waals surface area contributed by atoms with Crippen molar-refractivity contribution in [3.05, 3.63) is 51.5 Å². The number of esters is 1. The quantitative estimate of drug-likeness (QED) is 0.402. The van der Waals surface area contributed by atoms with Gasteiger partial charge in [-0.1, -0.05) is 32.3 Å². The minimum atomic E-state index is -0.691. The number of carbonyl (C=O) groups excluding carboxylic acids is 2. The first kappa shape index (κ1) is 25.0. The smallest absolute Gasteiger partial charge is 0.359 e. The van der Waals surface area contributed by atoms with Gasteiger partial charge < -0.3 is 10.1 Å². The van der Waals surface area contributed by atoms with Gasteiger partial charge in [-0.25, -0.2) is 9.18 Å². The Morgan fingerprint density at radius 2 is 2.00 bits per heavy atom. The van der Waals surface area contributed by atoms with Gasteiger partial charge in [-0.05, 0) is 56.7 Å². The highest BCUT2D eigenvalue weighted by molar-refractivity contribution is 7.16. The van der Waals surface area contributed by atoms with Crippen LogP contribution in [0.2, 0.25) is 0 Å². The van der Waals surface area contributed by atoms with Gasteiger partial charge in [0, 0.05) is 16.7 Å². The first-order valence-corrected chi connectivity index (χ1v) is 13.1. The summed E-state index contributed by atoms with van der Waals surface area (Å²) < 4.78 is 20.0. The van der Waals surface area contributed by atoms with E-state index in [1.165, 1.54) is 48.8 Å². The summed E-state index contributed by atoms with van der Waals surface area (Å²) >= 11 is 1.17. The Balaban J connectivity index is 1.67. The monoisotopic (exact) mass is 499 g/mol. The molecule has 1 fully saturated rings. The number of aromatic nitrogens is 2. The van der Waals surface area contributed by atoms with E-state index >= 15 is 0 Å². The number of hydrogen-bond donors (Lipinski definition) is 1. The lowest BCUT2D eigenvalue weighted by molar-refractivity contribution is -0.121. The molecule has 186 valence electrons. The SMILES string of the molecule is CCCCC1CCC(C(=O)Nc2scc3c(C(=O)OCC)nn(-c4cccc(F)c4)c(=O)c23)CC1.